The Morgan fingerprint density at radius 3 is 2.87 bits per heavy atom. The van der Waals surface area contributed by atoms with E-state index in [9.17, 15) is 9.90 Å². The summed E-state index contributed by atoms with van der Waals surface area (Å²) in [6.45, 7) is 1.78. The first-order valence-electron chi connectivity index (χ1n) is 5.16. The maximum absolute atomic E-state index is 11.2. The third kappa shape index (κ3) is 1.63. The summed E-state index contributed by atoms with van der Waals surface area (Å²) in [5.74, 6) is -0.807. The minimum Gasteiger partial charge on any atom is -0.392 e. The van der Waals surface area contributed by atoms with Gasteiger partial charge in [-0.2, -0.15) is 0 Å². The summed E-state index contributed by atoms with van der Waals surface area (Å²) in [4.78, 5) is 11.2. The van der Waals surface area contributed by atoms with Crippen LogP contribution >= 0.6 is 0 Å². The summed E-state index contributed by atoms with van der Waals surface area (Å²) in [7, 11) is 0. The lowest BCUT2D eigenvalue weighted by molar-refractivity contribution is -0.122. The van der Waals surface area contributed by atoms with Crippen LogP contribution < -0.4 is 5.73 Å². The average Bonchev–Trinajstić information content (AvgIpc) is 2.52. The molecule has 0 spiro atoms. The van der Waals surface area contributed by atoms with Gasteiger partial charge < -0.3 is 10.8 Å². The van der Waals surface area contributed by atoms with Crippen LogP contribution in [0.25, 0.3) is 0 Å². The Morgan fingerprint density at radius 1 is 1.53 bits per heavy atom. The number of nitrogens with two attached hydrogens (primary N) is 1. The van der Waals surface area contributed by atoms with Crippen molar-refractivity contribution >= 4 is 5.91 Å². The molecule has 0 fully saturated rings. The van der Waals surface area contributed by atoms with Crippen LogP contribution in [0.5, 0.6) is 0 Å². The molecular weight excluding hydrogens is 190 g/mol. The SMILES string of the molecule is CC(C(N)=O)C1c2ccccc2CC1O. The number of primary amides is 1. The number of benzene rings is 1. The highest BCUT2D eigenvalue weighted by Gasteiger charge is 2.36. The van der Waals surface area contributed by atoms with Crippen molar-refractivity contribution in [3.8, 4) is 0 Å². The first-order valence-corrected chi connectivity index (χ1v) is 5.16. The van der Waals surface area contributed by atoms with E-state index in [2.05, 4.69) is 0 Å². The molecule has 80 valence electrons. The van der Waals surface area contributed by atoms with E-state index in [-0.39, 0.29) is 17.7 Å². The molecule has 1 amide bonds. The third-order valence-electron chi connectivity index (χ3n) is 3.25. The monoisotopic (exact) mass is 205 g/mol. The highest BCUT2D eigenvalue weighted by Crippen LogP contribution is 2.38. The van der Waals surface area contributed by atoms with Crippen molar-refractivity contribution in [3.63, 3.8) is 0 Å². The van der Waals surface area contributed by atoms with E-state index in [4.69, 9.17) is 5.73 Å². The first kappa shape index (κ1) is 10.2. The number of carbonyl (C=O) groups excluding carboxylic acids is 1. The Labute approximate surface area is 88.9 Å². The van der Waals surface area contributed by atoms with Gasteiger partial charge in [-0.05, 0) is 17.5 Å². The molecule has 3 nitrogen and oxygen atoms in total. The lowest BCUT2D eigenvalue weighted by Gasteiger charge is -2.20. The van der Waals surface area contributed by atoms with E-state index >= 15 is 0 Å². The lowest BCUT2D eigenvalue weighted by atomic mass is 9.87. The van der Waals surface area contributed by atoms with Gasteiger partial charge in [-0.1, -0.05) is 31.2 Å². The maximum atomic E-state index is 11.2. The summed E-state index contributed by atoms with van der Waals surface area (Å²) >= 11 is 0. The molecule has 3 atom stereocenters. The second kappa shape index (κ2) is 3.66. The number of aliphatic hydroxyl groups excluding tert-OH is 1. The van der Waals surface area contributed by atoms with Gasteiger partial charge >= 0.3 is 0 Å². The largest absolute Gasteiger partial charge is 0.392 e. The van der Waals surface area contributed by atoms with Gasteiger partial charge in [0.1, 0.15) is 0 Å². The van der Waals surface area contributed by atoms with Gasteiger partial charge in [0.15, 0.2) is 0 Å². The minimum absolute atomic E-state index is 0.140. The van der Waals surface area contributed by atoms with Crippen molar-refractivity contribution in [3.05, 3.63) is 35.4 Å². The van der Waals surface area contributed by atoms with Gasteiger partial charge in [-0.15, -0.1) is 0 Å². The standard InChI is InChI=1S/C12H15NO2/c1-7(12(13)15)11-9-5-3-2-4-8(9)6-10(11)14/h2-5,7,10-11,14H,6H2,1H3,(H2,13,15). The molecule has 0 bridgehead atoms. The predicted molar refractivity (Wildman–Crippen MR) is 57.3 cm³/mol. The Morgan fingerprint density at radius 2 is 2.20 bits per heavy atom. The van der Waals surface area contributed by atoms with Crippen LogP contribution in [0.4, 0.5) is 0 Å². The van der Waals surface area contributed by atoms with Crippen LogP contribution in [0.1, 0.15) is 24.0 Å². The van der Waals surface area contributed by atoms with Gasteiger partial charge in [-0.3, -0.25) is 4.79 Å². The zero-order chi connectivity index (χ0) is 11.0. The van der Waals surface area contributed by atoms with Gasteiger partial charge in [0.05, 0.1) is 6.10 Å². The summed E-state index contributed by atoms with van der Waals surface area (Å²) in [6.07, 6.45) is 0.142. The normalized spacial score (nSPS) is 26.0. The summed E-state index contributed by atoms with van der Waals surface area (Å²) in [6, 6.07) is 7.84. The quantitative estimate of drug-likeness (QED) is 0.750. The molecule has 2 rings (SSSR count). The molecule has 15 heavy (non-hydrogen) atoms. The highest BCUT2D eigenvalue weighted by molar-refractivity contribution is 5.77. The molecule has 3 N–H and O–H groups in total. The Kier molecular flexibility index (Phi) is 2.49. The molecule has 1 aliphatic rings. The van der Waals surface area contributed by atoms with E-state index in [0.29, 0.717) is 6.42 Å². The zero-order valence-corrected chi connectivity index (χ0v) is 8.68. The molecular formula is C12H15NO2. The maximum Gasteiger partial charge on any atom is 0.220 e. The van der Waals surface area contributed by atoms with Crippen molar-refractivity contribution in [2.24, 2.45) is 11.7 Å². The number of fused-ring (bicyclic) bond motifs is 1. The van der Waals surface area contributed by atoms with Crippen molar-refractivity contribution in [2.45, 2.75) is 25.4 Å². The second-order valence-electron chi connectivity index (χ2n) is 4.19. The number of hydrogen-bond acceptors (Lipinski definition) is 2. The second-order valence-corrected chi connectivity index (χ2v) is 4.19. The molecule has 3 heteroatoms. The van der Waals surface area contributed by atoms with Crippen molar-refractivity contribution < 1.29 is 9.90 Å². The summed E-state index contributed by atoms with van der Waals surface area (Å²) in [5, 5.41) is 9.92. The predicted octanol–water partition coefficient (Wildman–Crippen LogP) is 0.809. The van der Waals surface area contributed by atoms with Gasteiger partial charge in [0.2, 0.25) is 5.91 Å². The fraction of sp³-hybridized carbons (Fsp3) is 0.417. The molecule has 1 aliphatic carbocycles. The van der Waals surface area contributed by atoms with E-state index in [1.54, 1.807) is 6.92 Å². The molecule has 0 saturated heterocycles. The fourth-order valence-corrected chi connectivity index (χ4v) is 2.38. The minimum atomic E-state index is -0.482. The van der Waals surface area contributed by atoms with Crippen LogP contribution in [0.15, 0.2) is 24.3 Å². The van der Waals surface area contributed by atoms with Crippen molar-refractivity contribution in [1.82, 2.24) is 0 Å². The topological polar surface area (TPSA) is 63.3 Å². The summed E-state index contributed by atoms with van der Waals surface area (Å²) in [5.41, 5.74) is 7.48. The number of rotatable bonds is 2. The molecule has 3 unspecified atom stereocenters. The smallest absolute Gasteiger partial charge is 0.220 e. The molecule has 0 heterocycles. The number of aliphatic hydroxyl groups is 1. The number of amides is 1. The van der Waals surface area contributed by atoms with Gasteiger partial charge in [0.25, 0.3) is 0 Å². The molecule has 0 radical (unpaired) electrons. The number of carbonyl (C=O) groups is 1. The Bertz CT molecular complexity index is 389. The highest BCUT2D eigenvalue weighted by atomic mass is 16.3. The van der Waals surface area contributed by atoms with Crippen LogP contribution in [0.3, 0.4) is 0 Å². The molecule has 1 aromatic rings. The lowest BCUT2D eigenvalue weighted by Crippen LogP contribution is -2.30. The van der Waals surface area contributed by atoms with Crippen LogP contribution in [0.2, 0.25) is 0 Å². The summed E-state index contributed by atoms with van der Waals surface area (Å²) < 4.78 is 0. The molecule has 1 aromatic carbocycles. The van der Waals surface area contributed by atoms with Crippen molar-refractivity contribution in [1.29, 1.82) is 0 Å². The van der Waals surface area contributed by atoms with Gasteiger partial charge in [0, 0.05) is 11.8 Å². The number of hydrogen-bond donors (Lipinski definition) is 2. The van der Waals surface area contributed by atoms with Crippen LogP contribution in [-0.2, 0) is 11.2 Å². The fourth-order valence-electron chi connectivity index (χ4n) is 2.38. The first-order chi connectivity index (χ1) is 7.11. The molecule has 0 saturated carbocycles. The van der Waals surface area contributed by atoms with E-state index in [0.717, 1.165) is 11.1 Å². The molecule has 0 aromatic heterocycles. The van der Waals surface area contributed by atoms with E-state index in [1.165, 1.54) is 0 Å². The van der Waals surface area contributed by atoms with Gasteiger partial charge in [-0.25, -0.2) is 0 Å². The third-order valence-corrected chi connectivity index (χ3v) is 3.25. The van der Waals surface area contributed by atoms with Crippen LogP contribution in [-0.4, -0.2) is 17.1 Å². The Balaban J connectivity index is 2.37. The average molecular weight is 205 g/mol. The zero-order valence-electron chi connectivity index (χ0n) is 8.68. The molecule has 0 aliphatic heterocycles. The van der Waals surface area contributed by atoms with Crippen molar-refractivity contribution in [2.75, 3.05) is 0 Å². The van der Waals surface area contributed by atoms with E-state index in [1.807, 2.05) is 24.3 Å². The van der Waals surface area contributed by atoms with Crippen LogP contribution in [0, 0.1) is 5.92 Å². The van der Waals surface area contributed by atoms with E-state index < -0.39 is 6.10 Å². The Hall–Kier alpha value is -1.35.